The summed E-state index contributed by atoms with van der Waals surface area (Å²) in [4.78, 5) is 22.5. The van der Waals surface area contributed by atoms with Gasteiger partial charge in [0.15, 0.2) is 0 Å². The monoisotopic (exact) mass is 274 g/mol. The molecule has 0 atom stereocenters. The van der Waals surface area contributed by atoms with Crippen LogP contribution in [0.2, 0.25) is 0 Å². The van der Waals surface area contributed by atoms with Gasteiger partial charge in [0, 0.05) is 26.4 Å². The number of ether oxygens (including phenoxy) is 3. The van der Waals surface area contributed by atoms with E-state index in [-0.39, 0.29) is 17.5 Å². The van der Waals surface area contributed by atoms with Crippen molar-refractivity contribution in [3.63, 3.8) is 0 Å². The van der Waals surface area contributed by atoms with Crippen molar-refractivity contribution in [2.24, 2.45) is 0 Å². The zero-order chi connectivity index (χ0) is 14.7. The molecule has 112 valence electrons. The Balaban J connectivity index is 3.53. The Morgan fingerprint density at radius 3 is 2.00 bits per heavy atom. The van der Waals surface area contributed by atoms with E-state index in [9.17, 15) is 9.59 Å². The summed E-state index contributed by atoms with van der Waals surface area (Å²) in [6.07, 6.45) is 2.66. The van der Waals surface area contributed by atoms with Crippen LogP contribution in [0.5, 0.6) is 0 Å². The predicted molar refractivity (Wildman–Crippen MR) is 71.8 cm³/mol. The van der Waals surface area contributed by atoms with Gasteiger partial charge in [-0.25, -0.2) is 0 Å². The van der Waals surface area contributed by atoms with Gasteiger partial charge in [0.25, 0.3) is 0 Å². The third-order valence-electron chi connectivity index (χ3n) is 2.84. The molecule has 0 N–H and O–H groups in total. The maximum Gasteiger partial charge on any atom is 0.305 e. The standard InChI is InChI=1S/C14H26O5/c1-5-18-12(15)8-6-7-9-13(16)19-11-10-14(2,3)17-4/h5-11H2,1-4H3. The minimum absolute atomic E-state index is 0.210. The van der Waals surface area contributed by atoms with Crippen molar-refractivity contribution in [3.05, 3.63) is 0 Å². The predicted octanol–water partition coefficient (Wildman–Crippen LogP) is 2.47. The van der Waals surface area contributed by atoms with Gasteiger partial charge in [0.1, 0.15) is 0 Å². The highest BCUT2D eigenvalue weighted by Gasteiger charge is 2.16. The Morgan fingerprint density at radius 2 is 1.53 bits per heavy atom. The van der Waals surface area contributed by atoms with Crippen LogP contribution < -0.4 is 0 Å². The molecule has 0 aliphatic rings. The summed E-state index contributed by atoms with van der Waals surface area (Å²) in [5.41, 5.74) is -0.274. The third kappa shape index (κ3) is 10.5. The number of hydrogen-bond donors (Lipinski definition) is 0. The topological polar surface area (TPSA) is 61.8 Å². The van der Waals surface area contributed by atoms with E-state index in [0.717, 1.165) is 0 Å². The molecule has 0 fully saturated rings. The normalized spacial score (nSPS) is 11.2. The Labute approximate surface area is 115 Å². The smallest absolute Gasteiger partial charge is 0.305 e. The van der Waals surface area contributed by atoms with E-state index in [0.29, 0.717) is 45.3 Å². The second-order valence-corrected chi connectivity index (χ2v) is 4.95. The van der Waals surface area contributed by atoms with Gasteiger partial charge in [-0.1, -0.05) is 0 Å². The lowest BCUT2D eigenvalue weighted by atomic mass is 10.1. The second-order valence-electron chi connectivity index (χ2n) is 4.95. The highest BCUT2D eigenvalue weighted by atomic mass is 16.5. The molecule has 0 aliphatic carbocycles. The van der Waals surface area contributed by atoms with E-state index in [1.807, 2.05) is 13.8 Å². The lowest BCUT2D eigenvalue weighted by molar-refractivity contribution is -0.146. The van der Waals surface area contributed by atoms with Crippen molar-refractivity contribution in [2.45, 2.75) is 58.5 Å². The van der Waals surface area contributed by atoms with E-state index in [2.05, 4.69) is 0 Å². The molecule has 5 nitrogen and oxygen atoms in total. The molecule has 0 radical (unpaired) electrons. The Kier molecular flexibility index (Phi) is 9.21. The van der Waals surface area contributed by atoms with Crippen LogP contribution in [0, 0.1) is 0 Å². The van der Waals surface area contributed by atoms with Crippen molar-refractivity contribution in [1.82, 2.24) is 0 Å². The van der Waals surface area contributed by atoms with Gasteiger partial charge in [0.2, 0.25) is 0 Å². The largest absolute Gasteiger partial charge is 0.466 e. The molecular weight excluding hydrogens is 248 g/mol. The number of unbranched alkanes of at least 4 members (excludes halogenated alkanes) is 1. The first kappa shape index (κ1) is 17.9. The molecule has 0 aliphatic heterocycles. The van der Waals surface area contributed by atoms with Crippen LogP contribution in [0.3, 0.4) is 0 Å². The number of hydrogen-bond acceptors (Lipinski definition) is 5. The molecule has 0 rings (SSSR count). The summed E-state index contributed by atoms with van der Waals surface area (Å²) in [5.74, 6) is -0.437. The maximum absolute atomic E-state index is 11.4. The molecular formula is C14H26O5. The fourth-order valence-electron chi connectivity index (χ4n) is 1.36. The summed E-state index contributed by atoms with van der Waals surface area (Å²) in [7, 11) is 1.64. The molecule has 0 saturated carbocycles. The molecule has 0 heterocycles. The molecule has 0 amide bonds. The number of methoxy groups -OCH3 is 1. The molecule has 5 heteroatoms. The third-order valence-corrected chi connectivity index (χ3v) is 2.84. The fraction of sp³-hybridized carbons (Fsp3) is 0.857. The minimum Gasteiger partial charge on any atom is -0.466 e. The maximum atomic E-state index is 11.4. The van der Waals surface area contributed by atoms with E-state index in [1.165, 1.54) is 0 Å². The van der Waals surface area contributed by atoms with Gasteiger partial charge in [-0.3, -0.25) is 9.59 Å². The minimum atomic E-state index is -0.274. The molecule has 19 heavy (non-hydrogen) atoms. The van der Waals surface area contributed by atoms with Gasteiger partial charge in [-0.15, -0.1) is 0 Å². The fourth-order valence-corrected chi connectivity index (χ4v) is 1.36. The highest BCUT2D eigenvalue weighted by molar-refractivity contribution is 5.70. The Bertz CT molecular complexity index is 273. The van der Waals surface area contributed by atoms with Crippen molar-refractivity contribution < 1.29 is 23.8 Å². The number of carbonyl (C=O) groups is 2. The summed E-state index contributed by atoms with van der Waals surface area (Å²) in [5, 5.41) is 0. The van der Waals surface area contributed by atoms with Gasteiger partial charge in [-0.05, 0) is 33.6 Å². The first-order chi connectivity index (χ1) is 8.91. The zero-order valence-corrected chi connectivity index (χ0v) is 12.5. The first-order valence-electron chi connectivity index (χ1n) is 6.77. The van der Waals surface area contributed by atoms with Crippen molar-refractivity contribution in [3.8, 4) is 0 Å². The van der Waals surface area contributed by atoms with Crippen LogP contribution in [-0.2, 0) is 23.8 Å². The first-order valence-corrected chi connectivity index (χ1v) is 6.77. The molecule has 0 spiro atoms. The molecule has 0 saturated heterocycles. The van der Waals surface area contributed by atoms with Crippen LogP contribution >= 0.6 is 0 Å². The quantitative estimate of drug-likeness (QED) is 0.452. The lowest BCUT2D eigenvalue weighted by Crippen LogP contribution is -2.25. The summed E-state index contributed by atoms with van der Waals surface area (Å²) >= 11 is 0. The van der Waals surface area contributed by atoms with Crippen LogP contribution in [0.4, 0.5) is 0 Å². The van der Waals surface area contributed by atoms with E-state index in [4.69, 9.17) is 14.2 Å². The molecule has 0 bridgehead atoms. The van der Waals surface area contributed by atoms with Crippen molar-refractivity contribution in [1.29, 1.82) is 0 Å². The van der Waals surface area contributed by atoms with Gasteiger partial charge in [-0.2, -0.15) is 0 Å². The molecule has 0 aromatic heterocycles. The van der Waals surface area contributed by atoms with E-state index < -0.39 is 0 Å². The average Bonchev–Trinajstić information content (AvgIpc) is 2.35. The average molecular weight is 274 g/mol. The lowest BCUT2D eigenvalue weighted by Gasteiger charge is -2.22. The van der Waals surface area contributed by atoms with Crippen LogP contribution in [-0.4, -0.2) is 37.9 Å². The Morgan fingerprint density at radius 1 is 1.00 bits per heavy atom. The van der Waals surface area contributed by atoms with Crippen LogP contribution in [0.25, 0.3) is 0 Å². The van der Waals surface area contributed by atoms with Gasteiger partial charge in [0.05, 0.1) is 18.8 Å². The van der Waals surface area contributed by atoms with E-state index >= 15 is 0 Å². The van der Waals surface area contributed by atoms with Gasteiger partial charge >= 0.3 is 11.9 Å². The number of esters is 2. The number of rotatable bonds is 10. The van der Waals surface area contributed by atoms with Gasteiger partial charge < -0.3 is 14.2 Å². The second kappa shape index (κ2) is 9.78. The molecule has 0 aromatic carbocycles. The summed E-state index contributed by atoms with van der Waals surface area (Å²) in [6.45, 7) is 6.42. The van der Waals surface area contributed by atoms with E-state index in [1.54, 1.807) is 14.0 Å². The zero-order valence-electron chi connectivity index (χ0n) is 12.5. The summed E-state index contributed by atoms with van der Waals surface area (Å²) in [6, 6.07) is 0. The van der Waals surface area contributed by atoms with Crippen LogP contribution in [0.15, 0.2) is 0 Å². The molecule has 0 unspecified atom stereocenters. The highest BCUT2D eigenvalue weighted by Crippen LogP contribution is 2.13. The van der Waals surface area contributed by atoms with Crippen molar-refractivity contribution >= 4 is 11.9 Å². The van der Waals surface area contributed by atoms with Crippen molar-refractivity contribution in [2.75, 3.05) is 20.3 Å². The number of carbonyl (C=O) groups excluding carboxylic acids is 2. The summed E-state index contributed by atoms with van der Waals surface area (Å²) < 4.78 is 15.1. The SMILES string of the molecule is CCOC(=O)CCCCC(=O)OCCC(C)(C)OC. The molecule has 0 aromatic rings. The van der Waals surface area contributed by atoms with Crippen LogP contribution in [0.1, 0.15) is 52.9 Å². The Hall–Kier alpha value is -1.10.